The van der Waals surface area contributed by atoms with Crippen LogP contribution in [0.4, 0.5) is 0 Å². The minimum atomic E-state index is 0. The van der Waals surface area contributed by atoms with Gasteiger partial charge in [-0.1, -0.05) is 13.8 Å². The van der Waals surface area contributed by atoms with Crippen molar-refractivity contribution in [2.24, 2.45) is 16.8 Å². The van der Waals surface area contributed by atoms with Gasteiger partial charge in [0, 0.05) is 53.0 Å². The Labute approximate surface area is 153 Å². The van der Waals surface area contributed by atoms with Gasteiger partial charge in [0.05, 0.1) is 0 Å². The van der Waals surface area contributed by atoms with Crippen LogP contribution >= 0.6 is 24.0 Å². The lowest BCUT2D eigenvalue weighted by Crippen LogP contribution is -2.45. The number of halogens is 1. The molecule has 0 amide bonds. The van der Waals surface area contributed by atoms with Gasteiger partial charge in [0.15, 0.2) is 5.96 Å². The molecule has 1 saturated heterocycles. The van der Waals surface area contributed by atoms with Gasteiger partial charge in [-0.25, -0.2) is 0 Å². The third kappa shape index (κ3) is 9.84. The Kier molecular flexibility index (Phi) is 13.3. The molecule has 1 aliphatic rings. The Bertz CT molecular complexity index is 292. The Balaban J connectivity index is 0.00000441. The zero-order chi connectivity index (χ0) is 15.5. The zero-order valence-electron chi connectivity index (χ0n) is 14.7. The van der Waals surface area contributed by atoms with E-state index in [1.165, 1.54) is 19.5 Å². The summed E-state index contributed by atoms with van der Waals surface area (Å²) < 4.78 is 5.32. The average Bonchev–Trinajstić information content (AvgIpc) is 2.44. The van der Waals surface area contributed by atoms with Crippen molar-refractivity contribution in [2.75, 3.05) is 53.0 Å². The van der Waals surface area contributed by atoms with Gasteiger partial charge in [-0.3, -0.25) is 4.99 Å². The first-order chi connectivity index (χ1) is 10.2. The van der Waals surface area contributed by atoms with Crippen molar-refractivity contribution < 1.29 is 4.74 Å². The quantitative estimate of drug-likeness (QED) is 0.270. The van der Waals surface area contributed by atoms with Gasteiger partial charge in [-0.05, 0) is 31.6 Å². The van der Waals surface area contributed by atoms with E-state index in [1.54, 1.807) is 0 Å². The normalized spacial score (nSPS) is 23.0. The topological polar surface area (TPSA) is 48.9 Å². The van der Waals surface area contributed by atoms with Gasteiger partial charge in [0.25, 0.3) is 0 Å². The van der Waals surface area contributed by atoms with Crippen LogP contribution < -0.4 is 10.6 Å². The standard InChI is InChI=1S/C16H34N4O.HI/c1-5-21-10-6-7-18-16(17-4)19-8-9-20-12-14(2)11-15(3)13-20;/h14-15H,5-13H2,1-4H3,(H2,17,18,19);1H. The van der Waals surface area contributed by atoms with Crippen LogP contribution in [0.15, 0.2) is 4.99 Å². The number of nitrogens with one attached hydrogen (secondary N) is 2. The number of guanidine groups is 1. The van der Waals surface area contributed by atoms with Gasteiger partial charge < -0.3 is 20.3 Å². The lowest BCUT2D eigenvalue weighted by molar-refractivity contribution is 0.143. The molecule has 0 aliphatic carbocycles. The Hall–Kier alpha value is -0.0800. The van der Waals surface area contributed by atoms with Crippen molar-refractivity contribution in [1.82, 2.24) is 15.5 Å². The summed E-state index contributed by atoms with van der Waals surface area (Å²) in [5.41, 5.74) is 0. The second kappa shape index (κ2) is 13.4. The maximum Gasteiger partial charge on any atom is 0.191 e. The molecule has 0 aromatic carbocycles. The van der Waals surface area contributed by atoms with Gasteiger partial charge in [-0.2, -0.15) is 0 Å². The highest BCUT2D eigenvalue weighted by atomic mass is 127. The summed E-state index contributed by atoms with van der Waals surface area (Å²) in [6.45, 7) is 13.7. The third-order valence-corrected chi connectivity index (χ3v) is 3.85. The number of hydrogen-bond donors (Lipinski definition) is 2. The number of rotatable bonds is 8. The fourth-order valence-electron chi connectivity index (χ4n) is 3.05. The lowest BCUT2D eigenvalue weighted by Gasteiger charge is -2.35. The first-order valence-electron chi connectivity index (χ1n) is 8.40. The molecule has 1 aliphatic heterocycles. The molecule has 0 radical (unpaired) electrons. The molecule has 6 heteroatoms. The molecule has 2 unspecified atom stereocenters. The molecule has 2 atom stereocenters. The van der Waals surface area contributed by atoms with Gasteiger partial charge >= 0.3 is 0 Å². The van der Waals surface area contributed by atoms with E-state index < -0.39 is 0 Å². The number of hydrogen-bond acceptors (Lipinski definition) is 3. The first-order valence-corrected chi connectivity index (χ1v) is 8.40. The molecule has 0 aromatic rings. The van der Waals surface area contributed by atoms with E-state index in [0.717, 1.165) is 57.1 Å². The number of piperidine rings is 1. The van der Waals surface area contributed by atoms with E-state index in [2.05, 4.69) is 34.4 Å². The summed E-state index contributed by atoms with van der Waals surface area (Å²) in [4.78, 5) is 6.82. The predicted molar refractivity (Wildman–Crippen MR) is 105 cm³/mol. The van der Waals surface area contributed by atoms with Crippen molar-refractivity contribution >= 4 is 29.9 Å². The predicted octanol–water partition coefficient (Wildman–Crippen LogP) is 2.17. The summed E-state index contributed by atoms with van der Waals surface area (Å²) in [7, 11) is 1.82. The van der Waals surface area contributed by atoms with Crippen LogP contribution in [0.3, 0.4) is 0 Å². The smallest absolute Gasteiger partial charge is 0.191 e. The molecule has 132 valence electrons. The van der Waals surface area contributed by atoms with Gasteiger partial charge in [0.1, 0.15) is 0 Å². The Morgan fingerprint density at radius 2 is 1.82 bits per heavy atom. The van der Waals surface area contributed by atoms with E-state index in [1.807, 2.05) is 14.0 Å². The highest BCUT2D eigenvalue weighted by molar-refractivity contribution is 14.0. The summed E-state index contributed by atoms with van der Waals surface area (Å²) in [5.74, 6) is 2.54. The van der Waals surface area contributed by atoms with Crippen LogP contribution in [0.5, 0.6) is 0 Å². The van der Waals surface area contributed by atoms with E-state index in [4.69, 9.17) is 4.74 Å². The Morgan fingerprint density at radius 1 is 1.18 bits per heavy atom. The van der Waals surface area contributed by atoms with Crippen molar-refractivity contribution in [1.29, 1.82) is 0 Å². The summed E-state index contributed by atoms with van der Waals surface area (Å²) in [5, 5.41) is 6.72. The van der Waals surface area contributed by atoms with Crippen LogP contribution in [0.2, 0.25) is 0 Å². The van der Waals surface area contributed by atoms with Gasteiger partial charge in [-0.15, -0.1) is 24.0 Å². The van der Waals surface area contributed by atoms with Crippen LogP contribution in [0, 0.1) is 11.8 Å². The molecule has 1 rings (SSSR count). The number of nitrogens with zero attached hydrogens (tertiary/aromatic N) is 2. The van der Waals surface area contributed by atoms with Crippen LogP contribution in [0.1, 0.15) is 33.6 Å². The molecule has 2 N–H and O–H groups in total. The molecule has 0 saturated carbocycles. The largest absolute Gasteiger partial charge is 0.382 e. The number of aliphatic imine (C=N–C) groups is 1. The molecule has 0 spiro atoms. The van der Waals surface area contributed by atoms with E-state index in [-0.39, 0.29) is 24.0 Å². The first kappa shape index (κ1) is 21.9. The van der Waals surface area contributed by atoms with E-state index in [0.29, 0.717) is 0 Å². The molecule has 0 bridgehead atoms. The molecule has 22 heavy (non-hydrogen) atoms. The number of ether oxygens (including phenoxy) is 1. The maximum absolute atomic E-state index is 5.32. The average molecular weight is 426 g/mol. The van der Waals surface area contributed by atoms with Crippen molar-refractivity contribution in [2.45, 2.75) is 33.6 Å². The SMILES string of the molecule is CCOCCCNC(=NC)NCCN1CC(C)CC(C)C1.I. The van der Waals surface area contributed by atoms with Crippen LogP contribution in [-0.2, 0) is 4.74 Å². The minimum Gasteiger partial charge on any atom is -0.382 e. The zero-order valence-corrected chi connectivity index (χ0v) is 17.1. The van der Waals surface area contributed by atoms with Crippen LogP contribution in [-0.4, -0.2) is 63.8 Å². The highest BCUT2D eigenvalue weighted by Crippen LogP contribution is 2.20. The van der Waals surface area contributed by atoms with E-state index in [9.17, 15) is 0 Å². The fourth-order valence-corrected chi connectivity index (χ4v) is 3.05. The van der Waals surface area contributed by atoms with Crippen molar-refractivity contribution in [3.05, 3.63) is 0 Å². The molecule has 1 heterocycles. The van der Waals surface area contributed by atoms with E-state index >= 15 is 0 Å². The third-order valence-electron chi connectivity index (χ3n) is 3.85. The number of likely N-dealkylation sites (tertiary alicyclic amines) is 1. The lowest BCUT2D eigenvalue weighted by atomic mass is 9.92. The van der Waals surface area contributed by atoms with Gasteiger partial charge in [0.2, 0.25) is 0 Å². The maximum atomic E-state index is 5.32. The molecular formula is C16H35IN4O. The highest BCUT2D eigenvalue weighted by Gasteiger charge is 2.21. The molecule has 0 aromatic heterocycles. The minimum absolute atomic E-state index is 0. The van der Waals surface area contributed by atoms with Crippen LogP contribution in [0.25, 0.3) is 0 Å². The monoisotopic (exact) mass is 426 g/mol. The second-order valence-corrected chi connectivity index (χ2v) is 6.18. The fraction of sp³-hybridized carbons (Fsp3) is 0.938. The van der Waals surface area contributed by atoms with Crippen molar-refractivity contribution in [3.63, 3.8) is 0 Å². The molecule has 1 fully saturated rings. The Morgan fingerprint density at radius 3 is 2.41 bits per heavy atom. The summed E-state index contributed by atoms with van der Waals surface area (Å²) >= 11 is 0. The second-order valence-electron chi connectivity index (χ2n) is 6.18. The molecular weight excluding hydrogens is 391 g/mol. The van der Waals surface area contributed by atoms with Crippen molar-refractivity contribution in [3.8, 4) is 0 Å². The summed E-state index contributed by atoms with van der Waals surface area (Å²) in [6, 6.07) is 0. The molecule has 5 nitrogen and oxygen atoms in total. The summed E-state index contributed by atoms with van der Waals surface area (Å²) in [6.07, 6.45) is 2.38.